The molecule has 1 heterocycles. The van der Waals surface area contributed by atoms with Crippen LogP contribution in [0.4, 0.5) is 0 Å². The number of esters is 1. The highest BCUT2D eigenvalue weighted by atomic mass is 35.5. The third-order valence-electron chi connectivity index (χ3n) is 4.56. The summed E-state index contributed by atoms with van der Waals surface area (Å²) in [6.45, 7) is 2.01. The van der Waals surface area contributed by atoms with Gasteiger partial charge in [-0.15, -0.1) is 11.8 Å². The molecular formula is C22H19ClN2O2S. The summed E-state index contributed by atoms with van der Waals surface area (Å²) in [4.78, 5) is 17.8. The maximum Gasteiger partial charge on any atom is 0.316 e. The van der Waals surface area contributed by atoms with E-state index >= 15 is 0 Å². The van der Waals surface area contributed by atoms with Gasteiger partial charge in [0.25, 0.3) is 0 Å². The van der Waals surface area contributed by atoms with Gasteiger partial charge in [-0.2, -0.15) is 5.26 Å². The first kappa shape index (κ1) is 20.2. The van der Waals surface area contributed by atoms with Crippen LogP contribution in [-0.2, 0) is 9.53 Å². The second-order valence-corrected chi connectivity index (χ2v) is 7.33. The average Bonchev–Trinajstić information content (AvgIpc) is 2.73. The summed E-state index contributed by atoms with van der Waals surface area (Å²) in [7, 11) is 0. The molecule has 0 saturated carbocycles. The lowest BCUT2D eigenvalue weighted by Gasteiger charge is -2.31. The summed E-state index contributed by atoms with van der Waals surface area (Å²) in [5.41, 5.74) is 2.56. The van der Waals surface area contributed by atoms with Crippen LogP contribution >= 0.6 is 23.4 Å². The van der Waals surface area contributed by atoms with Gasteiger partial charge in [0.2, 0.25) is 0 Å². The molecule has 0 N–H and O–H groups in total. The van der Waals surface area contributed by atoms with E-state index in [4.69, 9.17) is 21.3 Å². The van der Waals surface area contributed by atoms with Crippen LogP contribution in [-0.4, -0.2) is 24.5 Å². The molecule has 1 aliphatic rings. The molecule has 3 rings (SSSR count). The molecule has 2 aromatic carbocycles. The van der Waals surface area contributed by atoms with Gasteiger partial charge in [-0.05, 0) is 30.4 Å². The SMILES string of the molecule is CCOC(=O)C1C(c2ccccc2)=NC(SC)=C(C#N)[C@@H]1c1ccccc1Cl. The molecule has 1 aliphatic heterocycles. The molecule has 0 aromatic heterocycles. The molecule has 1 unspecified atom stereocenters. The van der Waals surface area contributed by atoms with Gasteiger partial charge in [0.15, 0.2) is 0 Å². The smallest absolute Gasteiger partial charge is 0.316 e. The van der Waals surface area contributed by atoms with Gasteiger partial charge in [0.05, 0.1) is 24.0 Å². The molecular weight excluding hydrogens is 392 g/mol. The molecule has 6 heteroatoms. The summed E-state index contributed by atoms with van der Waals surface area (Å²) in [6, 6.07) is 19.1. The Bertz CT molecular complexity index is 980. The van der Waals surface area contributed by atoms with Crippen molar-refractivity contribution >= 4 is 35.0 Å². The molecule has 0 fully saturated rings. The number of benzene rings is 2. The Morgan fingerprint density at radius 3 is 2.50 bits per heavy atom. The Balaban J connectivity index is 2.29. The number of hydrogen-bond acceptors (Lipinski definition) is 5. The molecule has 142 valence electrons. The summed E-state index contributed by atoms with van der Waals surface area (Å²) < 4.78 is 5.38. The Kier molecular flexibility index (Phi) is 6.56. The maximum absolute atomic E-state index is 13.0. The van der Waals surface area contributed by atoms with Crippen LogP contribution < -0.4 is 0 Å². The summed E-state index contributed by atoms with van der Waals surface area (Å²) >= 11 is 7.86. The fourth-order valence-corrected chi connectivity index (χ4v) is 4.20. The van der Waals surface area contributed by atoms with Crippen molar-refractivity contribution in [1.82, 2.24) is 0 Å². The fourth-order valence-electron chi connectivity index (χ4n) is 3.36. The Morgan fingerprint density at radius 2 is 1.89 bits per heavy atom. The molecule has 0 aliphatic carbocycles. The van der Waals surface area contributed by atoms with E-state index in [1.807, 2.05) is 54.8 Å². The minimum absolute atomic E-state index is 0.244. The van der Waals surface area contributed by atoms with E-state index < -0.39 is 17.8 Å². The van der Waals surface area contributed by atoms with Crippen molar-refractivity contribution in [2.75, 3.05) is 12.9 Å². The van der Waals surface area contributed by atoms with Crippen molar-refractivity contribution in [3.05, 3.63) is 81.3 Å². The zero-order valence-corrected chi connectivity index (χ0v) is 17.1. The number of aliphatic imine (C=N–C) groups is 1. The molecule has 28 heavy (non-hydrogen) atoms. The number of carbonyl (C=O) groups excluding carboxylic acids is 1. The van der Waals surface area contributed by atoms with E-state index in [0.717, 1.165) is 5.56 Å². The molecule has 0 saturated heterocycles. The van der Waals surface area contributed by atoms with Crippen LogP contribution in [0.5, 0.6) is 0 Å². The van der Waals surface area contributed by atoms with Crippen molar-refractivity contribution < 1.29 is 9.53 Å². The average molecular weight is 411 g/mol. The standard InChI is InChI=1S/C22H19ClN2O2S/c1-3-27-22(26)19-18(15-11-7-8-12-17(15)23)16(13-24)21(28-2)25-20(19)14-9-5-4-6-10-14/h4-12,18-19H,3H2,1-2H3/t18-,19?/m0/s1. The highest BCUT2D eigenvalue weighted by Gasteiger charge is 2.43. The van der Waals surface area contributed by atoms with Crippen LogP contribution in [0.25, 0.3) is 0 Å². The normalized spacial score (nSPS) is 19.0. The van der Waals surface area contributed by atoms with Crippen molar-refractivity contribution in [3.63, 3.8) is 0 Å². The number of nitrogens with zero attached hydrogens (tertiary/aromatic N) is 2. The molecule has 0 radical (unpaired) electrons. The van der Waals surface area contributed by atoms with Gasteiger partial charge in [0.1, 0.15) is 10.9 Å². The van der Waals surface area contributed by atoms with Crippen molar-refractivity contribution in [1.29, 1.82) is 5.26 Å². The van der Waals surface area contributed by atoms with E-state index in [9.17, 15) is 10.1 Å². The van der Waals surface area contributed by atoms with Crippen molar-refractivity contribution in [3.8, 4) is 6.07 Å². The zero-order chi connectivity index (χ0) is 20.1. The molecule has 2 atom stereocenters. The monoisotopic (exact) mass is 410 g/mol. The van der Waals surface area contributed by atoms with Crippen LogP contribution in [0.3, 0.4) is 0 Å². The number of carbonyl (C=O) groups is 1. The van der Waals surface area contributed by atoms with Gasteiger partial charge in [-0.25, -0.2) is 4.99 Å². The number of hydrogen-bond donors (Lipinski definition) is 0. The Morgan fingerprint density at radius 1 is 1.21 bits per heavy atom. The lowest BCUT2D eigenvalue weighted by Crippen LogP contribution is -2.36. The van der Waals surface area contributed by atoms with Gasteiger partial charge in [0, 0.05) is 10.9 Å². The molecule has 2 aromatic rings. The first-order valence-electron chi connectivity index (χ1n) is 8.85. The minimum Gasteiger partial charge on any atom is -0.465 e. The first-order valence-corrected chi connectivity index (χ1v) is 10.5. The maximum atomic E-state index is 13.0. The fraction of sp³-hybridized carbons (Fsp3) is 0.227. The zero-order valence-electron chi connectivity index (χ0n) is 15.6. The van der Waals surface area contributed by atoms with E-state index in [2.05, 4.69) is 6.07 Å². The van der Waals surface area contributed by atoms with Crippen molar-refractivity contribution in [2.45, 2.75) is 12.8 Å². The van der Waals surface area contributed by atoms with Crippen molar-refractivity contribution in [2.24, 2.45) is 10.9 Å². The molecule has 0 amide bonds. The van der Waals surface area contributed by atoms with Gasteiger partial charge in [-0.1, -0.05) is 60.1 Å². The predicted octanol–water partition coefficient (Wildman–Crippen LogP) is 5.20. The number of allylic oxidation sites excluding steroid dienone is 1. The number of thioether (sulfide) groups is 1. The largest absolute Gasteiger partial charge is 0.465 e. The highest BCUT2D eigenvalue weighted by molar-refractivity contribution is 8.02. The predicted molar refractivity (Wildman–Crippen MR) is 113 cm³/mol. The van der Waals surface area contributed by atoms with Crippen LogP contribution in [0, 0.1) is 17.2 Å². The highest BCUT2D eigenvalue weighted by Crippen LogP contribution is 2.44. The van der Waals surface area contributed by atoms with Crippen LogP contribution in [0.15, 0.2) is 70.2 Å². The Labute approximate surface area is 173 Å². The van der Waals surface area contributed by atoms with Gasteiger partial charge in [-0.3, -0.25) is 4.79 Å². The Hall–Kier alpha value is -2.55. The molecule has 4 nitrogen and oxygen atoms in total. The van der Waals surface area contributed by atoms with Crippen LogP contribution in [0.2, 0.25) is 5.02 Å². The van der Waals surface area contributed by atoms with E-state index in [1.165, 1.54) is 11.8 Å². The third-order valence-corrected chi connectivity index (χ3v) is 5.60. The second kappa shape index (κ2) is 9.09. The summed E-state index contributed by atoms with van der Waals surface area (Å²) in [5, 5.41) is 11.0. The van der Waals surface area contributed by atoms with Gasteiger partial charge < -0.3 is 4.74 Å². The lowest BCUT2D eigenvalue weighted by molar-refractivity contribution is -0.145. The third kappa shape index (κ3) is 3.84. The van der Waals surface area contributed by atoms with E-state index in [1.54, 1.807) is 13.0 Å². The lowest BCUT2D eigenvalue weighted by atomic mass is 9.75. The number of halogens is 1. The second-order valence-electron chi connectivity index (χ2n) is 6.13. The number of nitriles is 1. The topological polar surface area (TPSA) is 62.4 Å². The summed E-state index contributed by atoms with van der Waals surface area (Å²) in [6.07, 6.45) is 1.87. The van der Waals surface area contributed by atoms with E-state index in [-0.39, 0.29) is 6.61 Å². The number of ether oxygens (including phenoxy) is 1. The first-order chi connectivity index (χ1) is 13.6. The minimum atomic E-state index is -0.757. The van der Waals surface area contributed by atoms with E-state index in [0.29, 0.717) is 26.9 Å². The van der Waals surface area contributed by atoms with Crippen LogP contribution in [0.1, 0.15) is 24.0 Å². The van der Waals surface area contributed by atoms with Gasteiger partial charge >= 0.3 is 5.97 Å². The number of rotatable bonds is 5. The quantitative estimate of drug-likeness (QED) is 0.635. The molecule has 0 bridgehead atoms. The molecule has 0 spiro atoms. The summed E-state index contributed by atoms with van der Waals surface area (Å²) in [5.74, 6) is -1.73.